The van der Waals surface area contributed by atoms with Gasteiger partial charge in [0.2, 0.25) is 0 Å². The molecule has 5 heteroatoms. The van der Waals surface area contributed by atoms with Crippen LogP contribution in [0.1, 0.15) is 21.5 Å². The van der Waals surface area contributed by atoms with Crippen molar-refractivity contribution >= 4 is 5.91 Å². The van der Waals surface area contributed by atoms with Gasteiger partial charge in [-0.1, -0.05) is 18.2 Å². The molecular weight excluding hydrogens is 254 g/mol. The highest BCUT2D eigenvalue weighted by molar-refractivity contribution is 5.93. The van der Waals surface area contributed by atoms with Crippen molar-refractivity contribution in [3.63, 3.8) is 0 Å². The first-order valence-electron chi connectivity index (χ1n) is 5.96. The monoisotopic (exact) mass is 267 g/mol. The summed E-state index contributed by atoms with van der Waals surface area (Å²) in [5.41, 5.74) is 4.03. The predicted octanol–water partition coefficient (Wildman–Crippen LogP) is 1.74. The SMILES string of the molecule is N#Cc1cccc(OCc2ccc(C(=O)NN)cc2)c1. The summed E-state index contributed by atoms with van der Waals surface area (Å²) >= 11 is 0. The van der Waals surface area contributed by atoms with Crippen LogP contribution < -0.4 is 16.0 Å². The average Bonchev–Trinajstić information content (AvgIpc) is 2.53. The maximum absolute atomic E-state index is 11.3. The van der Waals surface area contributed by atoms with Crippen molar-refractivity contribution < 1.29 is 9.53 Å². The van der Waals surface area contributed by atoms with Crippen molar-refractivity contribution in [1.82, 2.24) is 5.43 Å². The van der Waals surface area contributed by atoms with Crippen molar-refractivity contribution in [3.8, 4) is 11.8 Å². The van der Waals surface area contributed by atoms with Crippen LogP contribution in [0.25, 0.3) is 0 Å². The Labute approximate surface area is 116 Å². The molecule has 1 amide bonds. The van der Waals surface area contributed by atoms with Gasteiger partial charge in [-0.3, -0.25) is 10.2 Å². The van der Waals surface area contributed by atoms with Crippen LogP contribution in [-0.2, 0) is 6.61 Å². The Bertz CT molecular complexity index is 645. The number of carbonyl (C=O) groups is 1. The first kappa shape index (κ1) is 13.6. The molecule has 0 aliphatic rings. The van der Waals surface area contributed by atoms with Crippen LogP contribution in [0.2, 0.25) is 0 Å². The van der Waals surface area contributed by atoms with Gasteiger partial charge in [0.25, 0.3) is 5.91 Å². The third-order valence-electron chi connectivity index (χ3n) is 2.72. The number of carbonyl (C=O) groups excluding carboxylic acids is 1. The van der Waals surface area contributed by atoms with Crippen molar-refractivity contribution in [2.45, 2.75) is 6.61 Å². The van der Waals surface area contributed by atoms with Gasteiger partial charge >= 0.3 is 0 Å². The fourth-order valence-corrected chi connectivity index (χ4v) is 1.66. The zero-order valence-corrected chi connectivity index (χ0v) is 10.7. The fraction of sp³-hybridized carbons (Fsp3) is 0.0667. The van der Waals surface area contributed by atoms with E-state index < -0.39 is 0 Å². The van der Waals surface area contributed by atoms with Crippen molar-refractivity contribution in [3.05, 3.63) is 65.2 Å². The molecule has 0 saturated heterocycles. The molecule has 0 bridgehead atoms. The normalized spacial score (nSPS) is 9.60. The molecule has 2 aromatic rings. The van der Waals surface area contributed by atoms with E-state index in [1.165, 1.54) is 0 Å². The lowest BCUT2D eigenvalue weighted by Gasteiger charge is -2.07. The number of benzene rings is 2. The third-order valence-corrected chi connectivity index (χ3v) is 2.72. The highest BCUT2D eigenvalue weighted by atomic mass is 16.5. The van der Waals surface area contributed by atoms with Gasteiger partial charge < -0.3 is 4.74 Å². The minimum atomic E-state index is -0.334. The number of amides is 1. The average molecular weight is 267 g/mol. The molecule has 0 aromatic heterocycles. The van der Waals surface area contributed by atoms with E-state index in [1.54, 1.807) is 48.5 Å². The maximum Gasteiger partial charge on any atom is 0.265 e. The van der Waals surface area contributed by atoms with E-state index >= 15 is 0 Å². The molecule has 100 valence electrons. The van der Waals surface area contributed by atoms with Crippen LogP contribution in [0.3, 0.4) is 0 Å². The number of ether oxygens (including phenoxy) is 1. The van der Waals surface area contributed by atoms with E-state index in [9.17, 15) is 4.79 Å². The van der Waals surface area contributed by atoms with E-state index in [-0.39, 0.29) is 5.91 Å². The van der Waals surface area contributed by atoms with Gasteiger partial charge in [-0.2, -0.15) is 5.26 Å². The zero-order valence-electron chi connectivity index (χ0n) is 10.7. The number of nitrogens with one attached hydrogen (secondary N) is 1. The Hall–Kier alpha value is -2.84. The number of nitrogens with zero attached hydrogens (tertiary/aromatic N) is 1. The summed E-state index contributed by atoms with van der Waals surface area (Å²) in [5, 5.41) is 8.80. The molecule has 3 N–H and O–H groups in total. The van der Waals surface area contributed by atoms with Gasteiger partial charge in [-0.15, -0.1) is 0 Å². The number of nitrogens with two attached hydrogens (primary N) is 1. The first-order chi connectivity index (χ1) is 9.72. The van der Waals surface area contributed by atoms with E-state index in [4.69, 9.17) is 15.8 Å². The Kier molecular flexibility index (Phi) is 4.32. The highest BCUT2D eigenvalue weighted by Crippen LogP contribution is 2.15. The minimum Gasteiger partial charge on any atom is -0.489 e. The van der Waals surface area contributed by atoms with Crippen molar-refractivity contribution in [2.75, 3.05) is 0 Å². The molecular formula is C15H13N3O2. The van der Waals surface area contributed by atoms with Gasteiger partial charge in [0.15, 0.2) is 0 Å². The van der Waals surface area contributed by atoms with E-state index in [0.717, 1.165) is 5.56 Å². The number of hydrogen-bond donors (Lipinski definition) is 2. The summed E-state index contributed by atoms with van der Waals surface area (Å²) in [6.45, 7) is 0.361. The molecule has 0 aliphatic heterocycles. The van der Waals surface area contributed by atoms with Gasteiger partial charge in [-0.05, 0) is 35.9 Å². The van der Waals surface area contributed by atoms with E-state index in [1.807, 2.05) is 0 Å². The summed E-state index contributed by atoms with van der Waals surface area (Å²) in [4.78, 5) is 11.3. The van der Waals surface area contributed by atoms with Crippen molar-refractivity contribution in [1.29, 1.82) is 5.26 Å². The Morgan fingerprint density at radius 3 is 2.65 bits per heavy atom. The van der Waals surface area contributed by atoms with Crippen LogP contribution in [0.4, 0.5) is 0 Å². The second-order valence-corrected chi connectivity index (χ2v) is 4.10. The molecule has 2 aromatic carbocycles. The summed E-state index contributed by atoms with van der Waals surface area (Å²) in [5.74, 6) is 5.35. The van der Waals surface area contributed by atoms with Crippen LogP contribution in [-0.4, -0.2) is 5.91 Å². The van der Waals surface area contributed by atoms with Crippen LogP contribution in [0.15, 0.2) is 48.5 Å². The molecule has 0 fully saturated rings. The third kappa shape index (κ3) is 3.34. The summed E-state index contributed by atoms with van der Waals surface area (Å²) in [7, 11) is 0. The minimum absolute atomic E-state index is 0.334. The Morgan fingerprint density at radius 1 is 1.25 bits per heavy atom. The molecule has 0 aliphatic carbocycles. The predicted molar refractivity (Wildman–Crippen MR) is 73.6 cm³/mol. The molecule has 2 rings (SSSR count). The standard InChI is InChI=1S/C15H13N3O2/c16-9-12-2-1-3-14(8-12)20-10-11-4-6-13(7-5-11)15(19)18-17/h1-8H,10,17H2,(H,18,19). The lowest BCUT2D eigenvalue weighted by molar-refractivity contribution is 0.0953. The smallest absolute Gasteiger partial charge is 0.265 e. The van der Waals surface area contributed by atoms with E-state index in [2.05, 4.69) is 11.5 Å². The Balaban J connectivity index is 2.00. The van der Waals surface area contributed by atoms with Gasteiger partial charge in [0, 0.05) is 5.56 Å². The van der Waals surface area contributed by atoms with Gasteiger partial charge in [0.1, 0.15) is 12.4 Å². The number of hydrazine groups is 1. The molecule has 0 atom stereocenters. The number of nitrogen functional groups attached to an aromatic ring is 1. The molecule has 0 unspecified atom stereocenters. The number of hydrogen-bond acceptors (Lipinski definition) is 4. The molecule has 20 heavy (non-hydrogen) atoms. The largest absolute Gasteiger partial charge is 0.489 e. The summed E-state index contributed by atoms with van der Waals surface area (Å²) < 4.78 is 5.58. The van der Waals surface area contributed by atoms with Gasteiger partial charge in [-0.25, -0.2) is 5.84 Å². The summed E-state index contributed by atoms with van der Waals surface area (Å²) in [6, 6.07) is 15.9. The zero-order chi connectivity index (χ0) is 14.4. The number of rotatable bonds is 4. The Morgan fingerprint density at radius 2 is 2.00 bits per heavy atom. The lowest BCUT2D eigenvalue weighted by Crippen LogP contribution is -2.29. The molecule has 0 radical (unpaired) electrons. The second-order valence-electron chi connectivity index (χ2n) is 4.10. The first-order valence-corrected chi connectivity index (χ1v) is 5.96. The van der Waals surface area contributed by atoms with Gasteiger partial charge in [0.05, 0.1) is 11.6 Å². The van der Waals surface area contributed by atoms with Crippen molar-refractivity contribution in [2.24, 2.45) is 5.84 Å². The molecule has 0 heterocycles. The molecule has 5 nitrogen and oxygen atoms in total. The lowest BCUT2D eigenvalue weighted by atomic mass is 10.1. The van der Waals surface area contributed by atoms with E-state index in [0.29, 0.717) is 23.5 Å². The quantitative estimate of drug-likeness (QED) is 0.501. The molecule has 0 spiro atoms. The second kappa shape index (κ2) is 6.36. The summed E-state index contributed by atoms with van der Waals surface area (Å²) in [6.07, 6.45) is 0. The highest BCUT2D eigenvalue weighted by Gasteiger charge is 2.03. The number of nitriles is 1. The molecule has 0 saturated carbocycles. The van der Waals surface area contributed by atoms with Crippen LogP contribution >= 0.6 is 0 Å². The van der Waals surface area contributed by atoms with Crippen LogP contribution in [0.5, 0.6) is 5.75 Å². The fourth-order valence-electron chi connectivity index (χ4n) is 1.66. The topological polar surface area (TPSA) is 88.1 Å². The maximum atomic E-state index is 11.3. The van der Waals surface area contributed by atoms with Crippen LogP contribution in [0, 0.1) is 11.3 Å².